The van der Waals surface area contributed by atoms with E-state index in [1.807, 2.05) is 12.2 Å². The van der Waals surface area contributed by atoms with Gasteiger partial charge in [0.25, 0.3) is 0 Å². The van der Waals surface area contributed by atoms with Crippen molar-refractivity contribution in [2.45, 2.75) is 32.1 Å². The Balaban J connectivity index is 1.74. The van der Waals surface area contributed by atoms with E-state index in [0.29, 0.717) is 30.0 Å². The van der Waals surface area contributed by atoms with Gasteiger partial charge in [-0.25, -0.2) is 0 Å². The standard InChI is InChI=1S/C15H20O/c1-2-3-4-5-6-7-15(16)14-11-12-8-9-13(14)10-12/h2,5-6,8-9,12-14H,1,3-4,7,10-11H2. The number of unbranched alkanes of at least 4 members (excludes halogenated alkanes) is 1. The van der Waals surface area contributed by atoms with E-state index in [9.17, 15) is 4.79 Å². The number of fused-ring (bicyclic) bond motifs is 2. The van der Waals surface area contributed by atoms with Crippen LogP contribution in [0.25, 0.3) is 0 Å². The normalized spacial score (nSPS) is 31.4. The van der Waals surface area contributed by atoms with Crippen LogP contribution in [0.1, 0.15) is 32.1 Å². The highest BCUT2D eigenvalue weighted by molar-refractivity contribution is 5.83. The minimum absolute atomic E-state index is 0.319. The molecule has 0 aromatic carbocycles. The molecule has 3 unspecified atom stereocenters. The molecule has 2 rings (SSSR count). The summed E-state index contributed by atoms with van der Waals surface area (Å²) in [6, 6.07) is 0. The fourth-order valence-corrected chi connectivity index (χ4v) is 2.83. The molecule has 2 bridgehead atoms. The first kappa shape index (κ1) is 11.4. The molecule has 0 heterocycles. The number of Topliss-reactive ketones (excluding diaryl/α,β-unsaturated/α-hetero) is 1. The van der Waals surface area contributed by atoms with Crippen LogP contribution < -0.4 is 0 Å². The first-order valence-electron chi connectivity index (χ1n) is 6.28. The Morgan fingerprint density at radius 1 is 1.25 bits per heavy atom. The van der Waals surface area contributed by atoms with Crippen LogP contribution in [0.2, 0.25) is 0 Å². The van der Waals surface area contributed by atoms with Crippen LogP contribution in [0.3, 0.4) is 0 Å². The summed E-state index contributed by atoms with van der Waals surface area (Å²) >= 11 is 0. The van der Waals surface area contributed by atoms with Gasteiger partial charge in [0, 0.05) is 12.3 Å². The molecule has 0 N–H and O–H groups in total. The van der Waals surface area contributed by atoms with Gasteiger partial charge in [0.2, 0.25) is 0 Å². The quantitative estimate of drug-likeness (QED) is 0.489. The maximum atomic E-state index is 12.0. The third-order valence-electron chi connectivity index (χ3n) is 3.72. The summed E-state index contributed by atoms with van der Waals surface area (Å²) in [7, 11) is 0. The summed E-state index contributed by atoms with van der Waals surface area (Å²) in [5.74, 6) is 2.01. The summed E-state index contributed by atoms with van der Waals surface area (Å²) in [5.41, 5.74) is 0. The highest BCUT2D eigenvalue weighted by atomic mass is 16.1. The molecular weight excluding hydrogens is 196 g/mol. The largest absolute Gasteiger partial charge is 0.299 e. The first-order valence-corrected chi connectivity index (χ1v) is 6.28. The smallest absolute Gasteiger partial charge is 0.140 e. The van der Waals surface area contributed by atoms with Crippen LogP contribution in [0.5, 0.6) is 0 Å². The number of hydrogen-bond donors (Lipinski definition) is 0. The predicted molar refractivity (Wildman–Crippen MR) is 67.0 cm³/mol. The molecule has 1 saturated carbocycles. The van der Waals surface area contributed by atoms with Gasteiger partial charge in [-0.2, -0.15) is 0 Å². The van der Waals surface area contributed by atoms with E-state index in [1.54, 1.807) is 0 Å². The Morgan fingerprint density at radius 3 is 2.75 bits per heavy atom. The van der Waals surface area contributed by atoms with Gasteiger partial charge in [-0.05, 0) is 37.5 Å². The summed E-state index contributed by atoms with van der Waals surface area (Å²) in [6.45, 7) is 3.67. The van der Waals surface area contributed by atoms with Gasteiger partial charge in [-0.3, -0.25) is 4.79 Å². The predicted octanol–water partition coefficient (Wildman–Crippen LogP) is 3.68. The molecular formula is C15H20O. The highest BCUT2D eigenvalue weighted by Crippen LogP contribution is 2.44. The summed E-state index contributed by atoms with van der Waals surface area (Å²) in [4.78, 5) is 12.0. The van der Waals surface area contributed by atoms with Crippen molar-refractivity contribution in [3.05, 3.63) is 37.0 Å². The van der Waals surface area contributed by atoms with Crippen molar-refractivity contribution < 1.29 is 4.79 Å². The molecule has 2 aliphatic carbocycles. The number of carbonyl (C=O) groups is 1. The Hall–Kier alpha value is -1.11. The molecule has 0 saturated heterocycles. The Bertz CT molecular complexity index is 324. The monoisotopic (exact) mass is 216 g/mol. The zero-order valence-corrected chi connectivity index (χ0v) is 9.77. The number of ketones is 1. The van der Waals surface area contributed by atoms with Crippen LogP contribution >= 0.6 is 0 Å². The second-order valence-corrected chi connectivity index (χ2v) is 4.89. The average molecular weight is 216 g/mol. The van der Waals surface area contributed by atoms with Crippen molar-refractivity contribution in [1.82, 2.24) is 0 Å². The number of hydrogen-bond acceptors (Lipinski definition) is 1. The first-order chi connectivity index (χ1) is 7.81. The van der Waals surface area contributed by atoms with Gasteiger partial charge in [-0.15, -0.1) is 6.58 Å². The number of carbonyl (C=O) groups excluding carboxylic acids is 1. The molecule has 3 atom stereocenters. The molecule has 0 aromatic heterocycles. The van der Waals surface area contributed by atoms with E-state index < -0.39 is 0 Å². The molecule has 1 fully saturated rings. The Morgan fingerprint density at radius 2 is 2.12 bits per heavy atom. The minimum Gasteiger partial charge on any atom is -0.299 e. The molecule has 0 spiro atoms. The van der Waals surface area contributed by atoms with Crippen LogP contribution in [-0.2, 0) is 4.79 Å². The Labute approximate surface area is 97.9 Å². The second-order valence-electron chi connectivity index (χ2n) is 4.89. The van der Waals surface area contributed by atoms with E-state index in [4.69, 9.17) is 0 Å². The Kier molecular flexibility index (Phi) is 3.76. The molecule has 0 aromatic rings. The van der Waals surface area contributed by atoms with Gasteiger partial charge in [0.15, 0.2) is 0 Å². The van der Waals surface area contributed by atoms with Crippen molar-refractivity contribution >= 4 is 5.78 Å². The van der Waals surface area contributed by atoms with Gasteiger partial charge in [0.05, 0.1) is 0 Å². The molecule has 0 radical (unpaired) electrons. The van der Waals surface area contributed by atoms with Gasteiger partial charge < -0.3 is 0 Å². The topological polar surface area (TPSA) is 17.1 Å². The zero-order valence-electron chi connectivity index (χ0n) is 9.77. The van der Waals surface area contributed by atoms with Crippen LogP contribution in [0.4, 0.5) is 0 Å². The number of rotatable bonds is 6. The summed E-state index contributed by atoms with van der Waals surface area (Å²) < 4.78 is 0. The maximum absolute atomic E-state index is 12.0. The second kappa shape index (κ2) is 5.29. The SMILES string of the molecule is C=CCCC=CCC(=O)C1CC2C=CC1C2. The van der Waals surface area contributed by atoms with Crippen molar-refractivity contribution in [3.63, 3.8) is 0 Å². The third-order valence-corrected chi connectivity index (χ3v) is 3.72. The lowest BCUT2D eigenvalue weighted by Gasteiger charge is -2.15. The third kappa shape index (κ3) is 2.52. The lowest BCUT2D eigenvalue weighted by atomic mass is 9.88. The molecule has 16 heavy (non-hydrogen) atoms. The van der Waals surface area contributed by atoms with E-state index in [-0.39, 0.29) is 0 Å². The minimum atomic E-state index is 0.319. The summed E-state index contributed by atoms with van der Waals surface area (Å²) in [5, 5.41) is 0. The van der Waals surface area contributed by atoms with Crippen molar-refractivity contribution in [1.29, 1.82) is 0 Å². The van der Waals surface area contributed by atoms with Crippen LogP contribution in [0, 0.1) is 17.8 Å². The van der Waals surface area contributed by atoms with Crippen molar-refractivity contribution in [2.24, 2.45) is 17.8 Å². The molecule has 86 valence electrons. The molecule has 0 amide bonds. The maximum Gasteiger partial charge on any atom is 0.140 e. The van der Waals surface area contributed by atoms with Crippen LogP contribution in [0.15, 0.2) is 37.0 Å². The van der Waals surface area contributed by atoms with Gasteiger partial charge in [0.1, 0.15) is 5.78 Å². The van der Waals surface area contributed by atoms with Crippen molar-refractivity contribution in [3.8, 4) is 0 Å². The number of allylic oxidation sites excluding steroid dienone is 5. The van der Waals surface area contributed by atoms with Gasteiger partial charge in [-0.1, -0.05) is 30.4 Å². The lowest BCUT2D eigenvalue weighted by Crippen LogP contribution is -2.17. The fraction of sp³-hybridized carbons (Fsp3) is 0.533. The molecule has 1 nitrogen and oxygen atoms in total. The molecule has 1 heteroatoms. The van der Waals surface area contributed by atoms with E-state index >= 15 is 0 Å². The lowest BCUT2D eigenvalue weighted by molar-refractivity contribution is -0.122. The van der Waals surface area contributed by atoms with E-state index in [2.05, 4.69) is 24.8 Å². The summed E-state index contributed by atoms with van der Waals surface area (Å²) in [6.07, 6.45) is 15.5. The van der Waals surface area contributed by atoms with Crippen molar-refractivity contribution in [2.75, 3.05) is 0 Å². The van der Waals surface area contributed by atoms with E-state index in [0.717, 1.165) is 19.3 Å². The van der Waals surface area contributed by atoms with E-state index in [1.165, 1.54) is 6.42 Å². The highest BCUT2D eigenvalue weighted by Gasteiger charge is 2.38. The molecule has 2 aliphatic rings. The zero-order chi connectivity index (χ0) is 11.4. The average Bonchev–Trinajstić information content (AvgIpc) is 2.90. The van der Waals surface area contributed by atoms with Gasteiger partial charge >= 0.3 is 0 Å². The van der Waals surface area contributed by atoms with Crippen LogP contribution in [-0.4, -0.2) is 5.78 Å². The molecule has 0 aliphatic heterocycles. The fourth-order valence-electron chi connectivity index (χ4n) is 2.83.